The van der Waals surface area contributed by atoms with Gasteiger partial charge in [0.15, 0.2) is 0 Å². The molecule has 0 aromatic heterocycles. The smallest absolute Gasteiger partial charge is 0.384 e. The van der Waals surface area contributed by atoms with Crippen LogP contribution in [-0.4, -0.2) is 23.7 Å². The van der Waals surface area contributed by atoms with Gasteiger partial charge in [0.1, 0.15) is 5.82 Å². The zero-order valence-electron chi connectivity index (χ0n) is 9.49. The van der Waals surface area contributed by atoms with Crippen molar-refractivity contribution in [3.05, 3.63) is 29.1 Å². The predicted octanol–water partition coefficient (Wildman–Crippen LogP) is 1.02. The minimum absolute atomic E-state index is 0.0690. The molecular weight excluding hydrogens is 241 g/mol. The van der Waals surface area contributed by atoms with Gasteiger partial charge in [0.05, 0.1) is 23.4 Å². The molecule has 0 heterocycles. The maximum atomic E-state index is 13.1. The molecule has 0 aliphatic rings. The highest BCUT2D eigenvalue weighted by Gasteiger charge is 2.13. The molecule has 0 aliphatic carbocycles. The van der Waals surface area contributed by atoms with E-state index in [0.717, 1.165) is 12.1 Å². The lowest BCUT2D eigenvalue weighted by Gasteiger charge is -2.03. The van der Waals surface area contributed by atoms with E-state index >= 15 is 0 Å². The molecule has 6 heteroatoms. The Balaban J connectivity index is 3.17. The van der Waals surface area contributed by atoms with Crippen LogP contribution in [0.4, 0.5) is 10.1 Å². The minimum atomic E-state index is -1.37. The number of ether oxygens (including phenoxy) is 1. The molecule has 0 spiro atoms. The highest BCUT2D eigenvalue weighted by Crippen LogP contribution is 2.19. The van der Waals surface area contributed by atoms with E-state index in [2.05, 4.69) is 16.6 Å². The highest BCUT2D eigenvalue weighted by molar-refractivity contribution is 5.96. The van der Waals surface area contributed by atoms with E-state index in [1.807, 2.05) is 0 Å². The number of anilines is 1. The molecule has 94 valence electrons. The topological polar surface area (TPSA) is 89.6 Å². The van der Waals surface area contributed by atoms with Crippen LogP contribution < -0.4 is 5.73 Å². The Morgan fingerprint density at radius 1 is 1.50 bits per heavy atom. The SMILES string of the molecule is CCOC(=O)C#Cc1cc(F)cc(C(=O)O)c1N. The summed E-state index contributed by atoms with van der Waals surface area (Å²) in [6.07, 6.45) is 0. The van der Waals surface area contributed by atoms with Gasteiger partial charge in [-0.3, -0.25) is 0 Å². The van der Waals surface area contributed by atoms with Gasteiger partial charge in [0.25, 0.3) is 0 Å². The van der Waals surface area contributed by atoms with Crippen molar-refractivity contribution >= 4 is 17.6 Å². The van der Waals surface area contributed by atoms with Crippen molar-refractivity contribution in [2.24, 2.45) is 0 Å². The molecule has 5 nitrogen and oxygen atoms in total. The Hall–Kier alpha value is -2.55. The first kappa shape index (κ1) is 13.5. The number of aromatic carboxylic acids is 1. The third kappa shape index (κ3) is 3.22. The summed E-state index contributed by atoms with van der Waals surface area (Å²) in [7, 11) is 0. The monoisotopic (exact) mass is 251 g/mol. The molecule has 0 fully saturated rings. The van der Waals surface area contributed by atoms with Gasteiger partial charge in [0.2, 0.25) is 0 Å². The molecule has 0 unspecified atom stereocenters. The van der Waals surface area contributed by atoms with E-state index in [9.17, 15) is 14.0 Å². The molecule has 0 amide bonds. The number of carboxylic acid groups (broad SMARTS) is 1. The first-order valence-electron chi connectivity index (χ1n) is 4.96. The van der Waals surface area contributed by atoms with Crippen molar-refractivity contribution in [2.75, 3.05) is 12.3 Å². The second-order valence-corrected chi connectivity index (χ2v) is 3.19. The zero-order chi connectivity index (χ0) is 13.7. The van der Waals surface area contributed by atoms with Crippen molar-refractivity contribution in [3.8, 4) is 11.8 Å². The lowest BCUT2D eigenvalue weighted by Crippen LogP contribution is -2.06. The number of halogens is 1. The average Bonchev–Trinajstić information content (AvgIpc) is 2.30. The van der Waals surface area contributed by atoms with Crippen LogP contribution in [0.2, 0.25) is 0 Å². The molecule has 1 aromatic rings. The molecule has 0 radical (unpaired) electrons. The molecular formula is C12H10FNO4. The van der Waals surface area contributed by atoms with Gasteiger partial charge in [-0.1, -0.05) is 5.92 Å². The van der Waals surface area contributed by atoms with Crippen molar-refractivity contribution in [3.63, 3.8) is 0 Å². The molecule has 18 heavy (non-hydrogen) atoms. The third-order valence-electron chi connectivity index (χ3n) is 1.95. The second-order valence-electron chi connectivity index (χ2n) is 3.19. The molecule has 0 saturated heterocycles. The predicted molar refractivity (Wildman–Crippen MR) is 61.3 cm³/mol. The summed E-state index contributed by atoms with van der Waals surface area (Å²) in [6, 6.07) is 1.74. The summed E-state index contributed by atoms with van der Waals surface area (Å²) in [5.74, 6) is 1.40. The summed E-state index contributed by atoms with van der Waals surface area (Å²) < 4.78 is 17.7. The maximum Gasteiger partial charge on any atom is 0.384 e. The van der Waals surface area contributed by atoms with Gasteiger partial charge in [-0.2, -0.15) is 0 Å². The van der Waals surface area contributed by atoms with E-state index in [-0.39, 0.29) is 17.9 Å². The molecule has 0 aliphatic heterocycles. The van der Waals surface area contributed by atoms with Crippen molar-refractivity contribution in [1.29, 1.82) is 0 Å². The quantitative estimate of drug-likeness (QED) is 0.465. The Bertz CT molecular complexity index is 557. The van der Waals surface area contributed by atoms with Gasteiger partial charge < -0.3 is 15.6 Å². The number of carboxylic acids is 1. The standard InChI is InChI=1S/C12H10FNO4/c1-2-18-10(15)4-3-7-5-8(13)6-9(11(7)14)12(16)17/h5-6H,2,14H2,1H3,(H,16,17). The maximum absolute atomic E-state index is 13.1. The number of nitrogens with two attached hydrogens (primary N) is 1. The van der Waals surface area contributed by atoms with Gasteiger partial charge >= 0.3 is 11.9 Å². The Kier molecular flexibility index (Phi) is 4.27. The zero-order valence-corrected chi connectivity index (χ0v) is 9.49. The Morgan fingerprint density at radius 2 is 2.17 bits per heavy atom. The normalized spacial score (nSPS) is 9.22. The largest absolute Gasteiger partial charge is 0.478 e. The second kappa shape index (κ2) is 5.68. The van der Waals surface area contributed by atoms with Gasteiger partial charge in [-0.25, -0.2) is 14.0 Å². The average molecular weight is 251 g/mol. The van der Waals surface area contributed by atoms with Crippen molar-refractivity contribution < 1.29 is 23.8 Å². The summed E-state index contributed by atoms with van der Waals surface area (Å²) in [4.78, 5) is 21.8. The number of esters is 1. The van der Waals surface area contributed by atoms with Crippen LogP contribution in [0.5, 0.6) is 0 Å². The summed E-state index contributed by atoms with van der Waals surface area (Å²) in [5, 5.41) is 8.79. The van der Waals surface area contributed by atoms with Crippen LogP contribution in [-0.2, 0) is 9.53 Å². The minimum Gasteiger partial charge on any atom is -0.478 e. The highest BCUT2D eigenvalue weighted by atomic mass is 19.1. The number of nitrogen functional groups attached to an aromatic ring is 1. The number of hydrogen-bond acceptors (Lipinski definition) is 4. The van der Waals surface area contributed by atoms with E-state index in [0.29, 0.717) is 0 Å². The summed E-state index contributed by atoms with van der Waals surface area (Å²) >= 11 is 0. The fourth-order valence-electron chi connectivity index (χ4n) is 1.18. The lowest BCUT2D eigenvalue weighted by atomic mass is 10.1. The molecule has 3 N–H and O–H groups in total. The molecule has 0 bridgehead atoms. The van der Waals surface area contributed by atoms with Crippen LogP contribution in [0, 0.1) is 17.7 Å². The van der Waals surface area contributed by atoms with E-state index in [1.165, 1.54) is 0 Å². The lowest BCUT2D eigenvalue weighted by molar-refractivity contribution is -0.136. The third-order valence-corrected chi connectivity index (χ3v) is 1.95. The Labute approximate surface area is 102 Å². The molecule has 1 aromatic carbocycles. The number of rotatable bonds is 2. The van der Waals surface area contributed by atoms with E-state index < -0.39 is 23.3 Å². The molecule has 1 rings (SSSR count). The van der Waals surface area contributed by atoms with Crippen LogP contribution in [0.15, 0.2) is 12.1 Å². The van der Waals surface area contributed by atoms with Crippen LogP contribution in [0.3, 0.4) is 0 Å². The number of benzene rings is 1. The van der Waals surface area contributed by atoms with E-state index in [4.69, 9.17) is 10.8 Å². The van der Waals surface area contributed by atoms with E-state index in [1.54, 1.807) is 6.92 Å². The first-order valence-corrected chi connectivity index (χ1v) is 4.96. The molecule has 0 saturated carbocycles. The number of hydrogen-bond donors (Lipinski definition) is 2. The first-order chi connectivity index (χ1) is 8.45. The van der Waals surface area contributed by atoms with Gasteiger partial charge in [0, 0.05) is 5.92 Å². The van der Waals surface area contributed by atoms with Gasteiger partial charge in [-0.05, 0) is 19.1 Å². The van der Waals surface area contributed by atoms with Crippen molar-refractivity contribution in [1.82, 2.24) is 0 Å². The fourth-order valence-corrected chi connectivity index (χ4v) is 1.18. The summed E-state index contributed by atoms with van der Waals surface area (Å²) in [6.45, 7) is 1.77. The fraction of sp³-hybridized carbons (Fsp3) is 0.167. The van der Waals surface area contributed by atoms with Crippen LogP contribution in [0.25, 0.3) is 0 Å². The van der Waals surface area contributed by atoms with Crippen molar-refractivity contribution in [2.45, 2.75) is 6.92 Å². The Morgan fingerprint density at radius 3 is 2.72 bits per heavy atom. The summed E-state index contributed by atoms with van der Waals surface area (Å²) in [5.41, 5.74) is 4.85. The van der Waals surface area contributed by atoms with Gasteiger partial charge in [-0.15, -0.1) is 0 Å². The van der Waals surface area contributed by atoms with Crippen LogP contribution in [0.1, 0.15) is 22.8 Å². The molecule has 0 atom stereocenters. The number of carbonyl (C=O) groups excluding carboxylic acids is 1. The number of carbonyl (C=O) groups is 2. The van der Waals surface area contributed by atoms with Crippen LogP contribution >= 0.6 is 0 Å².